The van der Waals surface area contributed by atoms with Gasteiger partial charge in [-0.25, -0.2) is 0 Å². The van der Waals surface area contributed by atoms with Crippen LogP contribution in [0, 0.1) is 0 Å². The lowest BCUT2D eigenvalue weighted by Crippen LogP contribution is -2.46. The van der Waals surface area contributed by atoms with Gasteiger partial charge >= 0.3 is 0 Å². The quantitative estimate of drug-likeness (QED) is 0.755. The Morgan fingerprint density at radius 2 is 1.38 bits per heavy atom. The summed E-state index contributed by atoms with van der Waals surface area (Å²) >= 11 is 0. The van der Waals surface area contributed by atoms with E-state index in [1.54, 1.807) is 0 Å². The first-order chi connectivity index (χ1) is 10.4. The van der Waals surface area contributed by atoms with Crippen molar-refractivity contribution in [2.24, 2.45) is 0 Å². The molecule has 0 aliphatic carbocycles. The van der Waals surface area contributed by atoms with E-state index in [2.05, 4.69) is 69.2 Å². The smallest absolute Gasteiger partial charge is 0.0367 e. The van der Waals surface area contributed by atoms with Crippen molar-refractivity contribution in [3.63, 3.8) is 0 Å². The van der Waals surface area contributed by atoms with Crippen molar-refractivity contribution in [3.05, 3.63) is 54.9 Å². The molecule has 1 aromatic carbocycles. The fourth-order valence-corrected chi connectivity index (χ4v) is 3.02. The van der Waals surface area contributed by atoms with E-state index in [0.717, 1.165) is 19.6 Å². The fraction of sp³-hybridized carbons (Fsp3) is 0.444. The topological polar surface area (TPSA) is 11.4 Å². The summed E-state index contributed by atoms with van der Waals surface area (Å²) in [5.74, 6) is 0. The molecule has 1 aliphatic heterocycles. The van der Waals surface area contributed by atoms with E-state index in [-0.39, 0.29) is 0 Å². The van der Waals surface area contributed by atoms with Crippen LogP contribution in [0.2, 0.25) is 0 Å². The van der Waals surface area contributed by atoms with Gasteiger partial charge in [0.2, 0.25) is 0 Å². The number of unbranched alkanes of at least 4 members (excludes halogenated alkanes) is 1. The molecule has 1 fully saturated rings. The third-order valence-electron chi connectivity index (χ3n) is 4.30. The Balaban J connectivity index is 1.34. The van der Waals surface area contributed by atoms with Crippen LogP contribution in [0.4, 0.5) is 5.69 Å². The normalized spacial score (nSPS) is 16.3. The number of piperazine rings is 1. The molecule has 1 aromatic heterocycles. The molecule has 0 spiro atoms. The van der Waals surface area contributed by atoms with Gasteiger partial charge in [0.25, 0.3) is 0 Å². The molecule has 0 N–H and O–H groups in total. The SMILES string of the molecule is c1ccc(N2CCN(CCCCn3cccc3)CC2)cc1. The van der Waals surface area contributed by atoms with Gasteiger partial charge in [-0.3, -0.25) is 4.90 Å². The van der Waals surface area contributed by atoms with E-state index in [9.17, 15) is 0 Å². The van der Waals surface area contributed by atoms with Gasteiger partial charge in [-0.05, 0) is 43.7 Å². The Morgan fingerprint density at radius 1 is 0.714 bits per heavy atom. The minimum Gasteiger partial charge on any atom is -0.369 e. The number of rotatable bonds is 6. The van der Waals surface area contributed by atoms with Crippen LogP contribution in [0.3, 0.4) is 0 Å². The maximum absolute atomic E-state index is 2.61. The number of hydrogen-bond acceptors (Lipinski definition) is 2. The van der Waals surface area contributed by atoms with E-state index in [0.29, 0.717) is 0 Å². The highest BCUT2D eigenvalue weighted by molar-refractivity contribution is 5.46. The number of para-hydroxylation sites is 1. The fourth-order valence-electron chi connectivity index (χ4n) is 3.02. The van der Waals surface area contributed by atoms with Gasteiger partial charge in [0.05, 0.1) is 0 Å². The number of aromatic nitrogens is 1. The molecule has 0 bridgehead atoms. The summed E-state index contributed by atoms with van der Waals surface area (Å²) < 4.78 is 2.27. The van der Waals surface area contributed by atoms with Crippen LogP contribution in [-0.2, 0) is 6.54 Å². The van der Waals surface area contributed by atoms with Crippen LogP contribution in [0.15, 0.2) is 54.9 Å². The molecule has 21 heavy (non-hydrogen) atoms. The Morgan fingerprint density at radius 3 is 2.10 bits per heavy atom. The molecule has 3 rings (SSSR count). The molecule has 2 heterocycles. The minimum absolute atomic E-state index is 1.15. The molecule has 3 nitrogen and oxygen atoms in total. The van der Waals surface area contributed by atoms with Crippen molar-refractivity contribution in [1.29, 1.82) is 0 Å². The third-order valence-corrected chi connectivity index (χ3v) is 4.30. The van der Waals surface area contributed by atoms with Crippen LogP contribution in [0.5, 0.6) is 0 Å². The monoisotopic (exact) mass is 283 g/mol. The maximum Gasteiger partial charge on any atom is 0.0367 e. The molecule has 0 saturated carbocycles. The molecule has 1 aliphatic rings. The molecule has 0 unspecified atom stereocenters. The van der Waals surface area contributed by atoms with Crippen LogP contribution >= 0.6 is 0 Å². The highest BCUT2D eigenvalue weighted by atomic mass is 15.3. The lowest BCUT2D eigenvalue weighted by atomic mass is 10.2. The van der Waals surface area contributed by atoms with E-state index < -0.39 is 0 Å². The van der Waals surface area contributed by atoms with Crippen molar-refractivity contribution in [2.45, 2.75) is 19.4 Å². The predicted molar refractivity (Wildman–Crippen MR) is 88.8 cm³/mol. The summed E-state index contributed by atoms with van der Waals surface area (Å²) in [7, 11) is 0. The Bertz CT molecular complexity index is 499. The number of benzene rings is 1. The molecule has 0 amide bonds. The van der Waals surface area contributed by atoms with Gasteiger partial charge in [-0.15, -0.1) is 0 Å². The van der Waals surface area contributed by atoms with Gasteiger partial charge in [0.1, 0.15) is 0 Å². The predicted octanol–water partition coefficient (Wildman–Crippen LogP) is 3.09. The first-order valence-electron chi connectivity index (χ1n) is 8.05. The average molecular weight is 283 g/mol. The van der Waals surface area contributed by atoms with Crippen LogP contribution in [-0.4, -0.2) is 42.2 Å². The molecule has 112 valence electrons. The highest BCUT2D eigenvalue weighted by Gasteiger charge is 2.16. The second-order valence-corrected chi connectivity index (χ2v) is 5.79. The van der Waals surface area contributed by atoms with E-state index in [1.165, 1.54) is 38.2 Å². The van der Waals surface area contributed by atoms with Crippen molar-refractivity contribution in [2.75, 3.05) is 37.6 Å². The van der Waals surface area contributed by atoms with Gasteiger partial charge in [-0.1, -0.05) is 18.2 Å². The van der Waals surface area contributed by atoms with Crippen LogP contribution in [0.1, 0.15) is 12.8 Å². The van der Waals surface area contributed by atoms with Gasteiger partial charge in [-0.2, -0.15) is 0 Å². The van der Waals surface area contributed by atoms with Crippen molar-refractivity contribution in [3.8, 4) is 0 Å². The largest absolute Gasteiger partial charge is 0.369 e. The highest BCUT2D eigenvalue weighted by Crippen LogP contribution is 2.15. The van der Waals surface area contributed by atoms with Crippen LogP contribution in [0.25, 0.3) is 0 Å². The third kappa shape index (κ3) is 4.11. The second kappa shape index (κ2) is 7.32. The summed E-state index contributed by atoms with van der Waals surface area (Å²) in [6, 6.07) is 15.0. The molecule has 2 aromatic rings. The zero-order chi connectivity index (χ0) is 14.3. The summed E-state index contributed by atoms with van der Waals surface area (Å²) in [6.45, 7) is 7.08. The molecule has 0 radical (unpaired) electrons. The molecular weight excluding hydrogens is 258 g/mol. The first kappa shape index (κ1) is 14.2. The molecule has 0 atom stereocenters. The number of aryl methyl sites for hydroxylation is 1. The maximum atomic E-state index is 2.61. The lowest BCUT2D eigenvalue weighted by Gasteiger charge is -2.36. The molecule has 3 heteroatoms. The second-order valence-electron chi connectivity index (χ2n) is 5.79. The molecule has 1 saturated heterocycles. The van der Waals surface area contributed by atoms with Crippen molar-refractivity contribution in [1.82, 2.24) is 9.47 Å². The van der Waals surface area contributed by atoms with Gasteiger partial charge < -0.3 is 9.47 Å². The zero-order valence-electron chi connectivity index (χ0n) is 12.7. The summed E-state index contributed by atoms with van der Waals surface area (Å²) in [4.78, 5) is 5.10. The van der Waals surface area contributed by atoms with Crippen molar-refractivity contribution >= 4 is 5.69 Å². The number of anilines is 1. The van der Waals surface area contributed by atoms with Crippen LogP contribution < -0.4 is 4.90 Å². The number of nitrogens with zero attached hydrogens (tertiary/aromatic N) is 3. The lowest BCUT2D eigenvalue weighted by molar-refractivity contribution is 0.251. The summed E-state index contributed by atoms with van der Waals surface area (Å²) in [6.07, 6.45) is 6.87. The van der Waals surface area contributed by atoms with E-state index in [4.69, 9.17) is 0 Å². The molecular formula is C18H25N3. The van der Waals surface area contributed by atoms with E-state index in [1.807, 2.05) is 0 Å². The zero-order valence-corrected chi connectivity index (χ0v) is 12.7. The minimum atomic E-state index is 1.15. The first-order valence-corrected chi connectivity index (χ1v) is 8.05. The van der Waals surface area contributed by atoms with E-state index >= 15 is 0 Å². The average Bonchev–Trinajstić information content (AvgIpc) is 3.06. The van der Waals surface area contributed by atoms with Crippen molar-refractivity contribution < 1.29 is 0 Å². The standard InChI is InChI=1S/C18H25N3/c1-2-8-18(9-3-1)21-16-14-20(15-17-21)13-7-6-12-19-10-4-5-11-19/h1-5,8-11H,6-7,12-17H2. The summed E-state index contributed by atoms with van der Waals surface area (Å²) in [5, 5.41) is 0. The summed E-state index contributed by atoms with van der Waals surface area (Å²) in [5.41, 5.74) is 1.37. The Hall–Kier alpha value is -1.74. The van der Waals surface area contributed by atoms with Gasteiger partial charge in [0, 0.05) is 50.8 Å². The Labute approximate surface area is 127 Å². The number of hydrogen-bond donors (Lipinski definition) is 0. The van der Waals surface area contributed by atoms with Gasteiger partial charge in [0.15, 0.2) is 0 Å². The Kier molecular flexibility index (Phi) is 4.95.